The minimum Gasteiger partial charge on any atom is -0.298 e. The molecule has 0 aliphatic rings. The lowest BCUT2D eigenvalue weighted by Gasteiger charge is -2.09. The molecule has 1 aromatic heterocycles. The Bertz CT molecular complexity index is 1020. The maximum Gasteiger partial charge on any atom is 0.151 e. The summed E-state index contributed by atoms with van der Waals surface area (Å²) >= 11 is 0. The number of fused-ring (bicyclic) bond motifs is 4. The average Bonchev–Trinajstić information content (AvgIpc) is 2.52. The van der Waals surface area contributed by atoms with E-state index >= 15 is 0 Å². The Hall–Kier alpha value is -2.74. The minimum atomic E-state index is 0.726. The molecule has 1 heterocycles. The van der Waals surface area contributed by atoms with Gasteiger partial charge in [0.2, 0.25) is 0 Å². The first-order valence-corrected chi connectivity index (χ1v) is 6.95. The maximum absolute atomic E-state index is 11.7. The fourth-order valence-electron chi connectivity index (χ4n) is 2.95. The minimum absolute atomic E-state index is 0.726. The van der Waals surface area contributed by atoms with Crippen LogP contribution in [0.2, 0.25) is 0 Å². The molecule has 0 N–H and O–H groups in total. The predicted octanol–water partition coefficient (Wildman–Crippen LogP) is 4.66. The van der Waals surface area contributed by atoms with Crippen LogP contribution < -0.4 is 0 Å². The third-order valence-electron chi connectivity index (χ3n) is 3.98. The second-order valence-corrected chi connectivity index (χ2v) is 5.35. The number of hydrogen-bond donors (Lipinski definition) is 0. The topological polar surface area (TPSA) is 30.0 Å². The van der Waals surface area contributed by atoms with Crippen LogP contribution in [0.1, 0.15) is 15.9 Å². The largest absolute Gasteiger partial charge is 0.298 e. The lowest BCUT2D eigenvalue weighted by Crippen LogP contribution is -1.92. The monoisotopic (exact) mass is 271 g/mol. The van der Waals surface area contributed by atoms with Crippen molar-refractivity contribution in [1.29, 1.82) is 0 Å². The molecule has 2 heteroatoms. The van der Waals surface area contributed by atoms with Crippen LogP contribution in [0.25, 0.3) is 32.6 Å². The Morgan fingerprint density at radius 3 is 2.62 bits per heavy atom. The second-order valence-electron chi connectivity index (χ2n) is 5.35. The van der Waals surface area contributed by atoms with E-state index in [4.69, 9.17) is 4.98 Å². The molecule has 0 fully saturated rings. The van der Waals surface area contributed by atoms with Crippen molar-refractivity contribution in [1.82, 2.24) is 4.98 Å². The molecule has 0 aliphatic heterocycles. The van der Waals surface area contributed by atoms with Crippen LogP contribution in [0.15, 0.2) is 54.6 Å². The van der Waals surface area contributed by atoms with E-state index in [0.29, 0.717) is 0 Å². The van der Waals surface area contributed by atoms with Crippen molar-refractivity contribution in [3.8, 4) is 0 Å². The van der Waals surface area contributed by atoms with Crippen LogP contribution in [0, 0.1) is 6.92 Å². The number of carbonyl (C=O) groups is 1. The fourth-order valence-corrected chi connectivity index (χ4v) is 2.95. The molecule has 0 saturated heterocycles. The number of rotatable bonds is 1. The molecular formula is C19H13NO. The Kier molecular flexibility index (Phi) is 2.51. The SMILES string of the molecule is Cc1ccc2nc3c(ccc4ccccc43)c(C=O)c2c1. The molecule has 3 aromatic carbocycles. The number of benzene rings is 3. The summed E-state index contributed by atoms with van der Waals surface area (Å²) in [5.74, 6) is 0. The van der Waals surface area contributed by atoms with Crippen molar-refractivity contribution in [2.75, 3.05) is 0 Å². The van der Waals surface area contributed by atoms with E-state index in [-0.39, 0.29) is 0 Å². The van der Waals surface area contributed by atoms with E-state index in [0.717, 1.165) is 50.0 Å². The summed E-state index contributed by atoms with van der Waals surface area (Å²) in [6.45, 7) is 2.03. The van der Waals surface area contributed by atoms with Gasteiger partial charge in [-0.05, 0) is 24.4 Å². The third kappa shape index (κ3) is 1.73. The van der Waals surface area contributed by atoms with E-state index in [2.05, 4.69) is 12.1 Å². The van der Waals surface area contributed by atoms with Gasteiger partial charge in [0.1, 0.15) is 0 Å². The van der Waals surface area contributed by atoms with Crippen molar-refractivity contribution in [2.45, 2.75) is 6.92 Å². The quantitative estimate of drug-likeness (QED) is 0.286. The van der Waals surface area contributed by atoms with Gasteiger partial charge in [-0.3, -0.25) is 4.79 Å². The molecule has 0 amide bonds. The summed E-state index contributed by atoms with van der Waals surface area (Å²) in [7, 11) is 0. The first-order chi connectivity index (χ1) is 10.3. The van der Waals surface area contributed by atoms with E-state index in [1.54, 1.807) is 0 Å². The standard InChI is InChI=1S/C19H13NO/c1-12-6-9-18-16(10-12)17(11-21)15-8-7-13-4-2-3-5-14(13)19(15)20-18/h2-11H,1H3. The predicted molar refractivity (Wildman–Crippen MR) is 86.9 cm³/mol. The highest BCUT2D eigenvalue weighted by atomic mass is 16.1. The maximum atomic E-state index is 11.7. The molecule has 21 heavy (non-hydrogen) atoms. The van der Waals surface area contributed by atoms with Gasteiger partial charge in [-0.25, -0.2) is 4.98 Å². The third-order valence-corrected chi connectivity index (χ3v) is 3.98. The van der Waals surface area contributed by atoms with Gasteiger partial charge in [-0.2, -0.15) is 0 Å². The van der Waals surface area contributed by atoms with Crippen molar-refractivity contribution < 1.29 is 4.79 Å². The Morgan fingerprint density at radius 1 is 0.905 bits per heavy atom. The van der Waals surface area contributed by atoms with Gasteiger partial charge in [0.25, 0.3) is 0 Å². The van der Waals surface area contributed by atoms with Gasteiger partial charge in [-0.15, -0.1) is 0 Å². The number of aryl methyl sites for hydroxylation is 1. The zero-order valence-corrected chi connectivity index (χ0v) is 11.6. The number of pyridine rings is 1. The van der Waals surface area contributed by atoms with Gasteiger partial charge in [0.15, 0.2) is 6.29 Å². The van der Waals surface area contributed by atoms with Gasteiger partial charge in [0, 0.05) is 21.7 Å². The van der Waals surface area contributed by atoms with Crippen LogP contribution in [0.4, 0.5) is 0 Å². The zero-order valence-electron chi connectivity index (χ0n) is 11.6. The average molecular weight is 271 g/mol. The lowest BCUT2D eigenvalue weighted by molar-refractivity contribution is 0.112. The van der Waals surface area contributed by atoms with Crippen molar-refractivity contribution in [3.63, 3.8) is 0 Å². The highest BCUT2D eigenvalue weighted by Crippen LogP contribution is 2.30. The molecule has 0 spiro atoms. The highest BCUT2D eigenvalue weighted by molar-refractivity contribution is 6.16. The summed E-state index contributed by atoms with van der Waals surface area (Å²) in [6.07, 6.45) is 0.945. The molecule has 0 radical (unpaired) electrons. The van der Waals surface area contributed by atoms with Crippen molar-refractivity contribution >= 4 is 38.9 Å². The molecule has 0 saturated carbocycles. The van der Waals surface area contributed by atoms with Crippen LogP contribution in [0.5, 0.6) is 0 Å². The van der Waals surface area contributed by atoms with Crippen LogP contribution >= 0.6 is 0 Å². The molecule has 100 valence electrons. The smallest absolute Gasteiger partial charge is 0.151 e. The van der Waals surface area contributed by atoms with Crippen molar-refractivity contribution in [2.24, 2.45) is 0 Å². The van der Waals surface area contributed by atoms with Gasteiger partial charge >= 0.3 is 0 Å². The van der Waals surface area contributed by atoms with Gasteiger partial charge in [0.05, 0.1) is 11.0 Å². The molecule has 0 atom stereocenters. The Balaban J connectivity index is 2.30. The van der Waals surface area contributed by atoms with E-state index in [1.165, 1.54) is 0 Å². The van der Waals surface area contributed by atoms with Crippen molar-refractivity contribution in [3.05, 3.63) is 65.7 Å². The zero-order chi connectivity index (χ0) is 14.4. The van der Waals surface area contributed by atoms with E-state index in [1.807, 2.05) is 49.4 Å². The van der Waals surface area contributed by atoms with Crippen LogP contribution in [0.3, 0.4) is 0 Å². The first-order valence-electron chi connectivity index (χ1n) is 6.95. The summed E-state index contributed by atoms with van der Waals surface area (Å²) in [5.41, 5.74) is 3.62. The van der Waals surface area contributed by atoms with Gasteiger partial charge < -0.3 is 0 Å². The molecule has 4 rings (SSSR count). The molecular weight excluding hydrogens is 258 g/mol. The van der Waals surface area contributed by atoms with Crippen LogP contribution in [-0.2, 0) is 0 Å². The fraction of sp³-hybridized carbons (Fsp3) is 0.0526. The Morgan fingerprint density at radius 2 is 1.76 bits per heavy atom. The molecule has 0 aliphatic carbocycles. The highest BCUT2D eigenvalue weighted by Gasteiger charge is 2.10. The number of aromatic nitrogens is 1. The summed E-state index contributed by atoms with van der Waals surface area (Å²) < 4.78 is 0. The Labute approximate surface area is 122 Å². The normalized spacial score (nSPS) is 11.3. The number of hydrogen-bond acceptors (Lipinski definition) is 2. The molecule has 2 nitrogen and oxygen atoms in total. The lowest BCUT2D eigenvalue weighted by atomic mass is 9.99. The summed E-state index contributed by atoms with van der Waals surface area (Å²) in [5, 5.41) is 4.07. The molecule has 0 unspecified atom stereocenters. The number of nitrogens with zero attached hydrogens (tertiary/aromatic N) is 1. The molecule has 4 aromatic rings. The second kappa shape index (κ2) is 4.38. The van der Waals surface area contributed by atoms with E-state index < -0.39 is 0 Å². The number of aldehydes is 1. The van der Waals surface area contributed by atoms with Crippen LogP contribution in [-0.4, -0.2) is 11.3 Å². The van der Waals surface area contributed by atoms with Gasteiger partial charge in [-0.1, -0.05) is 48.0 Å². The first kappa shape index (κ1) is 12.0. The summed E-state index contributed by atoms with van der Waals surface area (Å²) in [6, 6.07) is 18.2. The molecule has 0 bridgehead atoms. The van der Waals surface area contributed by atoms with E-state index in [9.17, 15) is 4.79 Å². The summed E-state index contributed by atoms with van der Waals surface area (Å²) in [4.78, 5) is 16.5. The number of carbonyl (C=O) groups excluding carboxylic acids is 1.